The van der Waals surface area contributed by atoms with Crippen molar-refractivity contribution in [3.05, 3.63) is 59.7 Å². The fourth-order valence-electron chi connectivity index (χ4n) is 3.48. The van der Waals surface area contributed by atoms with Gasteiger partial charge in [-0.2, -0.15) is 0 Å². The first kappa shape index (κ1) is 19.5. The number of carbonyl (C=O) groups is 1. The topological polar surface area (TPSA) is 26.3 Å². The van der Waals surface area contributed by atoms with Crippen LogP contribution in [0.5, 0.6) is 0 Å². The number of ether oxygens (including phenoxy) is 1. The molecule has 0 radical (unpaired) electrons. The summed E-state index contributed by atoms with van der Waals surface area (Å²) in [6, 6.07) is 9.22. The standard InChI is InChI=1S/C23H32O2/c1-7-20(25-21(24)18-11-9-8-10-12-18)22(3,4)16-15-19-14-13-17(2)23(19,5)6/h8-13,15-16,19-20H,7,14H2,1-6H3/t19-,20+/m0/s1. The molecule has 2 heteroatoms. The van der Waals surface area contributed by atoms with Gasteiger partial charge in [0.1, 0.15) is 6.10 Å². The van der Waals surface area contributed by atoms with Crippen molar-refractivity contribution in [2.45, 2.75) is 60.5 Å². The van der Waals surface area contributed by atoms with Crippen LogP contribution < -0.4 is 0 Å². The Morgan fingerprint density at radius 2 is 1.96 bits per heavy atom. The van der Waals surface area contributed by atoms with E-state index < -0.39 is 0 Å². The third kappa shape index (κ3) is 4.42. The van der Waals surface area contributed by atoms with E-state index in [1.807, 2.05) is 18.2 Å². The zero-order valence-corrected chi connectivity index (χ0v) is 16.5. The Morgan fingerprint density at radius 1 is 1.32 bits per heavy atom. The van der Waals surface area contributed by atoms with E-state index in [1.165, 1.54) is 5.57 Å². The molecule has 0 aliphatic heterocycles. The minimum Gasteiger partial charge on any atom is -0.458 e. The van der Waals surface area contributed by atoms with E-state index >= 15 is 0 Å². The molecule has 2 nitrogen and oxygen atoms in total. The van der Waals surface area contributed by atoms with Gasteiger partial charge in [0.15, 0.2) is 0 Å². The summed E-state index contributed by atoms with van der Waals surface area (Å²) in [6.07, 6.45) is 8.65. The summed E-state index contributed by atoms with van der Waals surface area (Å²) < 4.78 is 5.84. The first-order valence-electron chi connectivity index (χ1n) is 9.31. The lowest BCUT2D eigenvalue weighted by Crippen LogP contribution is -2.32. The van der Waals surface area contributed by atoms with Gasteiger partial charge in [0.25, 0.3) is 0 Å². The van der Waals surface area contributed by atoms with Crippen molar-refractivity contribution in [2.24, 2.45) is 16.7 Å². The molecule has 2 atom stereocenters. The van der Waals surface area contributed by atoms with E-state index in [0.29, 0.717) is 11.5 Å². The maximum atomic E-state index is 12.4. The Labute approximate surface area is 153 Å². The number of hydrogen-bond donors (Lipinski definition) is 0. The molecule has 0 saturated heterocycles. The molecule has 0 amide bonds. The highest BCUT2D eigenvalue weighted by atomic mass is 16.5. The highest BCUT2D eigenvalue weighted by Crippen LogP contribution is 2.44. The molecule has 0 bridgehead atoms. The van der Waals surface area contributed by atoms with E-state index in [0.717, 1.165) is 12.8 Å². The minimum atomic E-state index is -0.243. The van der Waals surface area contributed by atoms with Crippen molar-refractivity contribution in [1.82, 2.24) is 0 Å². The van der Waals surface area contributed by atoms with Crippen LogP contribution in [-0.2, 0) is 4.74 Å². The molecular weight excluding hydrogens is 308 g/mol. The van der Waals surface area contributed by atoms with Crippen LogP contribution in [0.15, 0.2) is 54.1 Å². The SMILES string of the molecule is CC[C@@H](OC(=O)c1ccccc1)C(C)(C)C=C[C@@H]1CC=C(C)C1(C)C. The monoisotopic (exact) mass is 340 g/mol. The lowest BCUT2D eigenvalue weighted by Gasteiger charge is -2.32. The highest BCUT2D eigenvalue weighted by Gasteiger charge is 2.35. The van der Waals surface area contributed by atoms with Crippen molar-refractivity contribution in [3.63, 3.8) is 0 Å². The van der Waals surface area contributed by atoms with Crippen molar-refractivity contribution >= 4 is 5.97 Å². The van der Waals surface area contributed by atoms with Gasteiger partial charge in [-0.3, -0.25) is 0 Å². The van der Waals surface area contributed by atoms with E-state index in [4.69, 9.17) is 4.74 Å². The molecule has 0 saturated carbocycles. The molecule has 1 aliphatic rings. The zero-order chi connectivity index (χ0) is 18.7. The molecule has 136 valence electrons. The fraction of sp³-hybridized carbons (Fsp3) is 0.522. The summed E-state index contributed by atoms with van der Waals surface area (Å²) in [5.41, 5.74) is 2.07. The minimum absolute atomic E-state index is 0.143. The second-order valence-corrected chi connectivity index (χ2v) is 8.30. The molecule has 0 heterocycles. The quantitative estimate of drug-likeness (QED) is 0.455. The Bertz CT molecular complexity index is 650. The van der Waals surface area contributed by atoms with Crippen molar-refractivity contribution in [3.8, 4) is 0 Å². The van der Waals surface area contributed by atoms with E-state index in [-0.39, 0.29) is 22.9 Å². The number of benzene rings is 1. The van der Waals surface area contributed by atoms with Crippen LogP contribution >= 0.6 is 0 Å². The van der Waals surface area contributed by atoms with Crippen LogP contribution in [0, 0.1) is 16.7 Å². The summed E-state index contributed by atoms with van der Waals surface area (Å²) in [6.45, 7) is 13.2. The zero-order valence-electron chi connectivity index (χ0n) is 16.5. The van der Waals surface area contributed by atoms with Crippen LogP contribution in [0.2, 0.25) is 0 Å². The summed E-state index contributed by atoms with van der Waals surface area (Å²) in [4.78, 5) is 12.4. The molecular formula is C23H32O2. The van der Waals surface area contributed by atoms with Gasteiger partial charge in [-0.15, -0.1) is 0 Å². The van der Waals surface area contributed by atoms with Gasteiger partial charge >= 0.3 is 5.97 Å². The first-order valence-corrected chi connectivity index (χ1v) is 9.31. The number of allylic oxidation sites excluding steroid dienone is 3. The lowest BCUT2D eigenvalue weighted by molar-refractivity contribution is 0.00309. The predicted octanol–water partition coefficient (Wildman–Crippen LogP) is 6.20. The van der Waals surface area contributed by atoms with Crippen LogP contribution in [0.1, 0.15) is 64.7 Å². The van der Waals surface area contributed by atoms with Crippen LogP contribution in [0.3, 0.4) is 0 Å². The molecule has 0 fully saturated rings. The number of carbonyl (C=O) groups excluding carboxylic acids is 1. The summed E-state index contributed by atoms with van der Waals surface area (Å²) in [5.74, 6) is 0.265. The molecule has 1 aliphatic carbocycles. The number of rotatable bonds is 6. The van der Waals surface area contributed by atoms with E-state index in [2.05, 4.69) is 59.8 Å². The molecule has 25 heavy (non-hydrogen) atoms. The summed E-state index contributed by atoms with van der Waals surface area (Å²) in [7, 11) is 0. The van der Waals surface area contributed by atoms with Gasteiger partial charge < -0.3 is 4.74 Å². The van der Waals surface area contributed by atoms with Gasteiger partial charge in [-0.05, 0) is 43.2 Å². The average molecular weight is 341 g/mol. The van der Waals surface area contributed by atoms with Gasteiger partial charge in [0, 0.05) is 5.41 Å². The van der Waals surface area contributed by atoms with E-state index in [9.17, 15) is 4.79 Å². The summed E-state index contributed by atoms with van der Waals surface area (Å²) in [5, 5.41) is 0. The van der Waals surface area contributed by atoms with Crippen LogP contribution in [0.4, 0.5) is 0 Å². The number of esters is 1. The van der Waals surface area contributed by atoms with Gasteiger partial charge in [-0.1, -0.05) is 76.6 Å². The molecule has 2 rings (SSSR count). The molecule has 0 unspecified atom stereocenters. The second-order valence-electron chi connectivity index (χ2n) is 8.30. The van der Waals surface area contributed by atoms with Gasteiger partial charge in [-0.25, -0.2) is 4.79 Å². The van der Waals surface area contributed by atoms with Crippen molar-refractivity contribution in [2.75, 3.05) is 0 Å². The Kier molecular flexibility index (Phi) is 5.92. The smallest absolute Gasteiger partial charge is 0.338 e. The normalized spacial score (nSPS) is 21.2. The summed E-state index contributed by atoms with van der Waals surface area (Å²) >= 11 is 0. The lowest BCUT2D eigenvalue weighted by atomic mass is 9.75. The molecule has 0 N–H and O–H groups in total. The second kappa shape index (κ2) is 7.59. The predicted molar refractivity (Wildman–Crippen MR) is 105 cm³/mol. The largest absolute Gasteiger partial charge is 0.458 e. The Morgan fingerprint density at radius 3 is 2.48 bits per heavy atom. The average Bonchev–Trinajstić information content (AvgIpc) is 2.84. The maximum absolute atomic E-state index is 12.4. The van der Waals surface area contributed by atoms with Crippen LogP contribution in [0.25, 0.3) is 0 Å². The molecule has 0 aromatic heterocycles. The number of hydrogen-bond acceptors (Lipinski definition) is 2. The third-order valence-electron chi connectivity index (χ3n) is 5.84. The maximum Gasteiger partial charge on any atom is 0.338 e. The van der Waals surface area contributed by atoms with Gasteiger partial charge in [0.2, 0.25) is 0 Å². The third-order valence-corrected chi connectivity index (χ3v) is 5.84. The van der Waals surface area contributed by atoms with Gasteiger partial charge in [0.05, 0.1) is 5.56 Å². The molecule has 1 aromatic rings. The Hall–Kier alpha value is -1.83. The fourth-order valence-corrected chi connectivity index (χ4v) is 3.48. The molecule has 0 spiro atoms. The van der Waals surface area contributed by atoms with Crippen molar-refractivity contribution < 1.29 is 9.53 Å². The molecule has 1 aromatic carbocycles. The van der Waals surface area contributed by atoms with E-state index in [1.54, 1.807) is 12.1 Å². The highest BCUT2D eigenvalue weighted by molar-refractivity contribution is 5.89. The van der Waals surface area contributed by atoms with Crippen molar-refractivity contribution in [1.29, 1.82) is 0 Å². The Balaban J connectivity index is 2.08. The van der Waals surface area contributed by atoms with Crippen LogP contribution in [-0.4, -0.2) is 12.1 Å². The first-order chi connectivity index (χ1) is 11.7.